The van der Waals surface area contributed by atoms with E-state index < -0.39 is 0 Å². The average Bonchev–Trinajstić information content (AvgIpc) is 3.52. The Morgan fingerprint density at radius 3 is 2.90 bits per heavy atom. The minimum atomic E-state index is -0.201. The maximum atomic E-state index is 13.0. The number of carbonyl (C=O) groups excluding carboxylic acids is 1. The predicted molar refractivity (Wildman–Crippen MR) is 113 cm³/mol. The van der Waals surface area contributed by atoms with E-state index in [0.717, 1.165) is 40.6 Å². The number of aromatic nitrogens is 4. The standard InChI is InChI=1S/C23H23N5O3/c1-14-17(15(2)31-27-14)9-10-20(29)28-13-5-8-19(28)22-25-26-23(30-22)21-18-7-4-3-6-16(18)11-12-24-21/h3-4,6-7,11-12,19H,5,8-10,13H2,1-2H3/t19-/m1/s1. The number of hydrogen-bond donors (Lipinski definition) is 0. The van der Waals surface area contributed by atoms with E-state index in [0.29, 0.717) is 36.9 Å². The Morgan fingerprint density at radius 2 is 2.06 bits per heavy atom. The monoisotopic (exact) mass is 417 g/mol. The number of aryl methyl sites for hydroxylation is 2. The molecule has 1 atom stereocenters. The maximum Gasteiger partial charge on any atom is 0.267 e. The molecule has 1 aliphatic heterocycles. The molecule has 1 amide bonds. The summed E-state index contributed by atoms with van der Waals surface area (Å²) in [7, 11) is 0. The van der Waals surface area contributed by atoms with Gasteiger partial charge >= 0.3 is 0 Å². The van der Waals surface area contributed by atoms with Crippen LogP contribution in [0.2, 0.25) is 0 Å². The van der Waals surface area contributed by atoms with Gasteiger partial charge in [0.1, 0.15) is 17.5 Å². The normalized spacial score (nSPS) is 16.3. The largest absolute Gasteiger partial charge is 0.417 e. The highest BCUT2D eigenvalue weighted by molar-refractivity contribution is 5.92. The van der Waals surface area contributed by atoms with Crippen LogP contribution in [-0.2, 0) is 11.2 Å². The van der Waals surface area contributed by atoms with Gasteiger partial charge in [-0.15, -0.1) is 10.2 Å². The quantitative estimate of drug-likeness (QED) is 0.480. The van der Waals surface area contributed by atoms with E-state index in [2.05, 4.69) is 20.3 Å². The first-order valence-corrected chi connectivity index (χ1v) is 10.5. The zero-order chi connectivity index (χ0) is 21.4. The molecule has 0 unspecified atom stereocenters. The molecule has 0 bridgehead atoms. The lowest BCUT2D eigenvalue weighted by molar-refractivity contribution is -0.132. The molecular weight excluding hydrogens is 394 g/mol. The predicted octanol–water partition coefficient (Wildman–Crippen LogP) is 4.19. The number of likely N-dealkylation sites (tertiary alicyclic amines) is 1. The lowest BCUT2D eigenvalue weighted by Crippen LogP contribution is -2.31. The molecule has 0 radical (unpaired) electrons. The Kier molecular flexibility index (Phi) is 4.97. The number of nitrogens with zero attached hydrogens (tertiary/aromatic N) is 5. The van der Waals surface area contributed by atoms with Gasteiger partial charge in [0.15, 0.2) is 0 Å². The van der Waals surface area contributed by atoms with Crippen molar-refractivity contribution < 1.29 is 13.7 Å². The van der Waals surface area contributed by atoms with Crippen LogP contribution in [0.3, 0.4) is 0 Å². The Hall–Kier alpha value is -3.55. The minimum Gasteiger partial charge on any atom is -0.417 e. The molecule has 0 saturated carbocycles. The summed E-state index contributed by atoms with van der Waals surface area (Å²) in [5.41, 5.74) is 2.50. The number of rotatable bonds is 5. The molecule has 8 nitrogen and oxygen atoms in total. The Morgan fingerprint density at radius 1 is 1.19 bits per heavy atom. The van der Waals surface area contributed by atoms with Crippen molar-refractivity contribution in [2.75, 3.05) is 6.54 Å². The molecule has 8 heteroatoms. The molecule has 5 rings (SSSR count). The third-order valence-corrected chi connectivity index (χ3v) is 5.95. The average molecular weight is 417 g/mol. The molecule has 1 aliphatic rings. The summed E-state index contributed by atoms with van der Waals surface area (Å²) in [6, 6.07) is 9.70. The van der Waals surface area contributed by atoms with Crippen LogP contribution in [0.5, 0.6) is 0 Å². The van der Waals surface area contributed by atoms with Crippen LogP contribution in [0.25, 0.3) is 22.4 Å². The lowest BCUT2D eigenvalue weighted by atomic mass is 10.1. The second-order valence-electron chi connectivity index (χ2n) is 7.87. The number of amides is 1. The molecule has 1 fully saturated rings. The summed E-state index contributed by atoms with van der Waals surface area (Å²) >= 11 is 0. The van der Waals surface area contributed by atoms with Crippen molar-refractivity contribution in [3.05, 3.63) is 59.4 Å². The van der Waals surface area contributed by atoms with Crippen LogP contribution in [0.4, 0.5) is 0 Å². The summed E-state index contributed by atoms with van der Waals surface area (Å²) in [5, 5.41) is 14.5. The summed E-state index contributed by atoms with van der Waals surface area (Å²) < 4.78 is 11.2. The van der Waals surface area contributed by atoms with E-state index in [4.69, 9.17) is 8.94 Å². The van der Waals surface area contributed by atoms with E-state index in [1.165, 1.54) is 0 Å². The number of pyridine rings is 1. The fraction of sp³-hybridized carbons (Fsp3) is 0.348. The Balaban J connectivity index is 1.35. The summed E-state index contributed by atoms with van der Waals surface area (Å²) in [4.78, 5) is 19.3. The van der Waals surface area contributed by atoms with Crippen LogP contribution in [0, 0.1) is 13.8 Å². The maximum absolute atomic E-state index is 13.0. The van der Waals surface area contributed by atoms with Gasteiger partial charge in [-0.1, -0.05) is 29.4 Å². The van der Waals surface area contributed by atoms with Crippen LogP contribution in [0.15, 0.2) is 45.5 Å². The lowest BCUT2D eigenvalue weighted by Gasteiger charge is -2.22. The van der Waals surface area contributed by atoms with Gasteiger partial charge in [-0.2, -0.15) is 0 Å². The minimum absolute atomic E-state index is 0.0746. The van der Waals surface area contributed by atoms with Crippen LogP contribution in [0.1, 0.15) is 48.2 Å². The van der Waals surface area contributed by atoms with Gasteiger partial charge in [-0.3, -0.25) is 9.78 Å². The second kappa shape index (κ2) is 7.94. The molecule has 4 aromatic rings. The first kappa shape index (κ1) is 19.4. The van der Waals surface area contributed by atoms with Gasteiger partial charge in [0.05, 0.1) is 5.69 Å². The molecule has 0 N–H and O–H groups in total. The number of carbonyl (C=O) groups is 1. The van der Waals surface area contributed by atoms with E-state index in [1.54, 1.807) is 6.20 Å². The molecule has 3 aromatic heterocycles. The van der Waals surface area contributed by atoms with E-state index in [1.807, 2.05) is 49.1 Å². The zero-order valence-electron chi connectivity index (χ0n) is 17.5. The molecule has 0 spiro atoms. The highest BCUT2D eigenvalue weighted by Crippen LogP contribution is 2.34. The first-order chi connectivity index (χ1) is 15.1. The van der Waals surface area contributed by atoms with Gasteiger partial charge in [0, 0.05) is 30.1 Å². The van der Waals surface area contributed by atoms with Gasteiger partial charge in [-0.25, -0.2) is 0 Å². The summed E-state index contributed by atoms with van der Waals surface area (Å²) in [6.07, 6.45) is 4.46. The van der Waals surface area contributed by atoms with Crippen molar-refractivity contribution in [1.82, 2.24) is 25.2 Å². The molecular formula is C23H23N5O3. The molecule has 0 aliphatic carbocycles. The first-order valence-electron chi connectivity index (χ1n) is 10.5. The Labute approximate surface area is 179 Å². The Bertz CT molecular complexity index is 1220. The molecule has 158 valence electrons. The highest BCUT2D eigenvalue weighted by atomic mass is 16.5. The van der Waals surface area contributed by atoms with Crippen molar-refractivity contribution in [2.45, 2.75) is 45.6 Å². The third-order valence-electron chi connectivity index (χ3n) is 5.95. The van der Waals surface area contributed by atoms with E-state index >= 15 is 0 Å². The third kappa shape index (κ3) is 3.58. The second-order valence-corrected chi connectivity index (χ2v) is 7.87. The molecule has 1 aromatic carbocycles. The number of hydrogen-bond acceptors (Lipinski definition) is 7. The van der Waals surface area contributed by atoms with Crippen molar-refractivity contribution >= 4 is 16.7 Å². The van der Waals surface area contributed by atoms with Gasteiger partial charge in [-0.05, 0) is 44.6 Å². The topological polar surface area (TPSA) is 98.2 Å². The van der Waals surface area contributed by atoms with E-state index in [-0.39, 0.29) is 11.9 Å². The zero-order valence-corrected chi connectivity index (χ0v) is 17.5. The fourth-order valence-corrected chi connectivity index (χ4v) is 4.31. The summed E-state index contributed by atoms with van der Waals surface area (Å²) in [5.74, 6) is 1.69. The van der Waals surface area contributed by atoms with Crippen LogP contribution in [-0.4, -0.2) is 37.7 Å². The van der Waals surface area contributed by atoms with Gasteiger partial charge < -0.3 is 13.8 Å². The van der Waals surface area contributed by atoms with Crippen molar-refractivity contribution in [3.63, 3.8) is 0 Å². The highest BCUT2D eigenvalue weighted by Gasteiger charge is 2.34. The molecule has 1 saturated heterocycles. The summed E-state index contributed by atoms with van der Waals surface area (Å²) in [6.45, 7) is 4.46. The SMILES string of the molecule is Cc1noc(C)c1CCC(=O)N1CCC[C@@H]1c1nnc(-c2nccc3ccccc23)o1. The fourth-order valence-electron chi connectivity index (χ4n) is 4.31. The van der Waals surface area contributed by atoms with Gasteiger partial charge in [0.25, 0.3) is 5.89 Å². The van der Waals surface area contributed by atoms with Gasteiger partial charge in [0.2, 0.25) is 11.8 Å². The van der Waals surface area contributed by atoms with Crippen LogP contribution < -0.4 is 0 Å². The van der Waals surface area contributed by atoms with E-state index in [9.17, 15) is 4.79 Å². The van der Waals surface area contributed by atoms with Crippen molar-refractivity contribution in [3.8, 4) is 11.6 Å². The molecule has 4 heterocycles. The van der Waals surface area contributed by atoms with Crippen molar-refractivity contribution in [2.24, 2.45) is 0 Å². The molecule has 31 heavy (non-hydrogen) atoms. The number of benzene rings is 1. The smallest absolute Gasteiger partial charge is 0.267 e. The van der Waals surface area contributed by atoms with Crippen molar-refractivity contribution in [1.29, 1.82) is 0 Å². The van der Waals surface area contributed by atoms with Crippen LogP contribution >= 0.6 is 0 Å². The number of fused-ring (bicyclic) bond motifs is 1.